The molecule has 0 bridgehead atoms. The summed E-state index contributed by atoms with van der Waals surface area (Å²) < 4.78 is 13.1. The van der Waals surface area contributed by atoms with Crippen molar-refractivity contribution in [3.05, 3.63) is 65.5 Å². The molecular formula is C17H19FN2O. The van der Waals surface area contributed by atoms with E-state index in [2.05, 4.69) is 10.6 Å². The van der Waals surface area contributed by atoms with E-state index in [1.54, 1.807) is 6.07 Å². The van der Waals surface area contributed by atoms with Gasteiger partial charge >= 0.3 is 0 Å². The second-order valence-corrected chi connectivity index (χ2v) is 4.81. The third kappa shape index (κ3) is 4.91. The highest BCUT2D eigenvalue weighted by atomic mass is 19.1. The predicted octanol–water partition coefficient (Wildman–Crippen LogP) is 3.12. The van der Waals surface area contributed by atoms with E-state index in [0.717, 1.165) is 16.8 Å². The molecule has 0 aliphatic carbocycles. The van der Waals surface area contributed by atoms with Gasteiger partial charge in [0.1, 0.15) is 5.82 Å². The number of benzene rings is 2. The number of nitrogens with one attached hydrogen (secondary N) is 2. The van der Waals surface area contributed by atoms with E-state index >= 15 is 0 Å². The molecule has 2 rings (SSSR count). The molecule has 0 aliphatic heterocycles. The summed E-state index contributed by atoms with van der Waals surface area (Å²) in [4.78, 5) is 11.5. The SMILES string of the molecule is CCNC(=O)Cc1ccc(NCc2cccc(F)c2)cc1. The lowest BCUT2D eigenvalue weighted by molar-refractivity contribution is -0.120. The van der Waals surface area contributed by atoms with Gasteiger partial charge in [0.05, 0.1) is 6.42 Å². The lowest BCUT2D eigenvalue weighted by Crippen LogP contribution is -2.24. The molecule has 0 radical (unpaired) electrons. The van der Waals surface area contributed by atoms with Crippen molar-refractivity contribution in [3.63, 3.8) is 0 Å². The summed E-state index contributed by atoms with van der Waals surface area (Å²) in [5, 5.41) is 6.00. The van der Waals surface area contributed by atoms with Gasteiger partial charge in [0, 0.05) is 18.8 Å². The molecule has 2 N–H and O–H groups in total. The minimum Gasteiger partial charge on any atom is -0.381 e. The van der Waals surface area contributed by atoms with Gasteiger partial charge in [-0.3, -0.25) is 4.79 Å². The van der Waals surface area contributed by atoms with E-state index in [0.29, 0.717) is 19.5 Å². The van der Waals surface area contributed by atoms with Crippen LogP contribution in [-0.2, 0) is 17.8 Å². The van der Waals surface area contributed by atoms with Gasteiger partial charge in [-0.1, -0.05) is 24.3 Å². The van der Waals surface area contributed by atoms with Crippen molar-refractivity contribution in [3.8, 4) is 0 Å². The lowest BCUT2D eigenvalue weighted by atomic mass is 10.1. The highest BCUT2D eigenvalue weighted by Crippen LogP contribution is 2.12. The number of likely N-dealkylation sites (N-methyl/N-ethyl adjacent to an activating group) is 1. The number of amides is 1. The Morgan fingerprint density at radius 3 is 2.52 bits per heavy atom. The van der Waals surface area contributed by atoms with Crippen molar-refractivity contribution in [2.24, 2.45) is 0 Å². The third-order valence-corrected chi connectivity index (χ3v) is 3.08. The van der Waals surface area contributed by atoms with Gasteiger partial charge < -0.3 is 10.6 Å². The number of carbonyl (C=O) groups is 1. The first-order valence-electron chi connectivity index (χ1n) is 7.01. The van der Waals surface area contributed by atoms with Crippen molar-refractivity contribution in [1.82, 2.24) is 5.32 Å². The molecule has 0 aliphatic rings. The Morgan fingerprint density at radius 2 is 1.86 bits per heavy atom. The summed E-state index contributed by atoms with van der Waals surface area (Å²) in [6.45, 7) is 3.11. The zero-order chi connectivity index (χ0) is 15.1. The largest absolute Gasteiger partial charge is 0.381 e. The summed E-state index contributed by atoms with van der Waals surface area (Å²) in [6.07, 6.45) is 0.387. The summed E-state index contributed by atoms with van der Waals surface area (Å²) in [7, 11) is 0. The van der Waals surface area contributed by atoms with E-state index < -0.39 is 0 Å². The van der Waals surface area contributed by atoms with E-state index in [4.69, 9.17) is 0 Å². The molecule has 0 saturated heterocycles. The van der Waals surface area contributed by atoms with Crippen LogP contribution in [0.3, 0.4) is 0 Å². The number of anilines is 1. The van der Waals surface area contributed by atoms with Crippen LogP contribution in [0.1, 0.15) is 18.1 Å². The number of rotatable bonds is 6. The molecule has 3 nitrogen and oxygen atoms in total. The first-order chi connectivity index (χ1) is 10.2. The third-order valence-electron chi connectivity index (χ3n) is 3.08. The minimum atomic E-state index is -0.230. The van der Waals surface area contributed by atoms with E-state index in [1.165, 1.54) is 12.1 Å². The molecule has 4 heteroatoms. The average Bonchev–Trinajstić information content (AvgIpc) is 2.47. The second kappa shape index (κ2) is 7.43. The molecule has 1 amide bonds. The normalized spacial score (nSPS) is 10.2. The summed E-state index contributed by atoms with van der Waals surface area (Å²) in [5.41, 5.74) is 2.80. The summed E-state index contributed by atoms with van der Waals surface area (Å²) in [6, 6.07) is 14.2. The highest BCUT2D eigenvalue weighted by Gasteiger charge is 2.02. The van der Waals surface area contributed by atoms with Crippen LogP contribution in [0.2, 0.25) is 0 Å². The molecular weight excluding hydrogens is 267 g/mol. The van der Waals surface area contributed by atoms with Crippen molar-refractivity contribution in [2.45, 2.75) is 19.9 Å². The fraction of sp³-hybridized carbons (Fsp3) is 0.235. The summed E-state index contributed by atoms with van der Waals surface area (Å²) >= 11 is 0. The van der Waals surface area contributed by atoms with Crippen LogP contribution in [-0.4, -0.2) is 12.5 Å². The van der Waals surface area contributed by atoms with Gasteiger partial charge in [0.15, 0.2) is 0 Å². The number of hydrogen-bond acceptors (Lipinski definition) is 2. The second-order valence-electron chi connectivity index (χ2n) is 4.81. The van der Waals surface area contributed by atoms with Crippen LogP contribution >= 0.6 is 0 Å². The maximum absolute atomic E-state index is 13.1. The first kappa shape index (κ1) is 15.0. The zero-order valence-electron chi connectivity index (χ0n) is 12.0. The van der Waals surface area contributed by atoms with E-state index in [-0.39, 0.29) is 11.7 Å². The maximum Gasteiger partial charge on any atom is 0.224 e. The lowest BCUT2D eigenvalue weighted by Gasteiger charge is -2.08. The van der Waals surface area contributed by atoms with Gasteiger partial charge in [0.2, 0.25) is 5.91 Å². The van der Waals surface area contributed by atoms with E-state index in [9.17, 15) is 9.18 Å². The van der Waals surface area contributed by atoms with Crippen molar-refractivity contribution >= 4 is 11.6 Å². The van der Waals surface area contributed by atoms with Crippen LogP contribution < -0.4 is 10.6 Å². The Morgan fingerprint density at radius 1 is 1.10 bits per heavy atom. The summed E-state index contributed by atoms with van der Waals surface area (Å²) in [5.74, 6) is -0.204. The number of halogens is 1. The van der Waals surface area contributed by atoms with Gasteiger partial charge in [-0.2, -0.15) is 0 Å². The van der Waals surface area contributed by atoms with Gasteiger partial charge in [0.25, 0.3) is 0 Å². The number of hydrogen-bond donors (Lipinski definition) is 2. The molecule has 110 valence electrons. The quantitative estimate of drug-likeness (QED) is 0.856. The maximum atomic E-state index is 13.1. The fourth-order valence-electron chi connectivity index (χ4n) is 2.04. The molecule has 0 spiro atoms. The van der Waals surface area contributed by atoms with E-state index in [1.807, 2.05) is 37.3 Å². The monoisotopic (exact) mass is 286 g/mol. The highest BCUT2D eigenvalue weighted by molar-refractivity contribution is 5.78. The van der Waals surface area contributed by atoms with Crippen LogP contribution in [0.4, 0.5) is 10.1 Å². The van der Waals surface area contributed by atoms with Gasteiger partial charge in [-0.15, -0.1) is 0 Å². The minimum absolute atomic E-state index is 0.0259. The van der Waals surface area contributed by atoms with Gasteiger partial charge in [-0.25, -0.2) is 4.39 Å². The Balaban J connectivity index is 1.89. The van der Waals surface area contributed by atoms with Crippen LogP contribution in [0.5, 0.6) is 0 Å². The van der Waals surface area contributed by atoms with Crippen molar-refractivity contribution in [2.75, 3.05) is 11.9 Å². The molecule has 21 heavy (non-hydrogen) atoms. The molecule has 0 atom stereocenters. The Hall–Kier alpha value is -2.36. The molecule has 0 heterocycles. The smallest absolute Gasteiger partial charge is 0.224 e. The molecule has 2 aromatic rings. The Labute approximate surface area is 124 Å². The van der Waals surface area contributed by atoms with Crippen molar-refractivity contribution in [1.29, 1.82) is 0 Å². The van der Waals surface area contributed by atoms with Crippen LogP contribution in [0.15, 0.2) is 48.5 Å². The fourth-order valence-corrected chi connectivity index (χ4v) is 2.04. The molecule has 0 aromatic heterocycles. The standard InChI is InChI=1S/C17H19FN2O/c1-2-19-17(21)11-13-6-8-16(9-7-13)20-12-14-4-3-5-15(18)10-14/h3-10,20H,2,11-12H2,1H3,(H,19,21). The Kier molecular flexibility index (Phi) is 5.32. The first-order valence-corrected chi connectivity index (χ1v) is 7.01. The topological polar surface area (TPSA) is 41.1 Å². The Bertz CT molecular complexity index is 596. The molecule has 0 fully saturated rings. The van der Waals surface area contributed by atoms with Crippen LogP contribution in [0, 0.1) is 5.82 Å². The van der Waals surface area contributed by atoms with Crippen LogP contribution in [0.25, 0.3) is 0 Å². The average molecular weight is 286 g/mol. The molecule has 0 unspecified atom stereocenters. The van der Waals surface area contributed by atoms with Crippen molar-refractivity contribution < 1.29 is 9.18 Å². The predicted molar refractivity (Wildman–Crippen MR) is 82.6 cm³/mol. The zero-order valence-corrected chi connectivity index (χ0v) is 12.0. The van der Waals surface area contributed by atoms with Gasteiger partial charge in [-0.05, 0) is 42.3 Å². The molecule has 2 aromatic carbocycles. The number of carbonyl (C=O) groups excluding carboxylic acids is 1. The molecule has 0 saturated carbocycles.